The van der Waals surface area contributed by atoms with E-state index in [0.717, 1.165) is 22.4 Å². The molecule has 0 saturated carbocycles. The van der Waals surface area contributed by atoms with E-state index < -0.39 is 5.97 Å². The van der Waals surface area contributed by atoms with Gasteiger partial charge in [0.25, 0.3) is 0 Å². The van der Waals surface area contributed by atoms with Gasteiger partial charge in [0, 0.05) is 23.7 Å². The highest BCUT2D eigenvalue weighted by molar-refractivity contribution is 6.01. The molecule has 1 N–H and O–H groups in total. The number of carbonyl (C=O) groups is 1. The number of fused-ring (bicyclic) bond motifs is 1. The van der Waals surface area contributed by atoms with Crippen molar-refractivity contribution in [3.8, 4) is 5.88 Å². The third-order valence-corrected chi connectivity index (χ3v) is 5.00. The molecule has 0 atom stereocenters. The van der Waals surface area contributed by atoms with Crippen LogP contribution in [0.1, 0.15) is 39.8 Å². The number of nitrogens with zero attached hydrogens (tertiary/aromatic N) is 4. The average molecular weight is 420 g/mol. The fourth-order valence-corrected chi connectivity index (χ4v) is 3.55. The van der Waals surface area contributed by atoms with Crippen molar-refractivity contribution in [2.45, 2.75) is 33.4 Å². The molecule has 7 nitrogen and oxygen atoms in total. The first-order chi connectivity index (χ1) is 15.0. The van der Waals surface area contributed by atoms with Gasteiger partial charge in [-0.2, -0.15) is 5.10 Å². The molecule has 0 unspecified atom stereocenters. The Balaban J connectivity index is 1.56. The van der Waals surface area contributed by atoms with E-state index in [4.69, 9.17) is 4.74 Å². The molecule has 31 heavy (non-hydrogen) atoms. The number of aromatic nitrogens is 4. The summed E-state index contributed by atoms with van der Waals surface area (Å²) in [5, 5.41) is 14.6. The maximum Gasteiger partial charge on any atom is 0.355 e. The molecular weight excluding hydrogens is 399 g/mol. The highest BCUT2D eigenvalue weighted by Gasteiger charge is 2.19. The quantitative estimate of drug-likeness (QED) is 0.483. The highest BCUT2D eigenvalue weighted by Crippen LogP contribution is 2.24. The summed E-state index contributed by atoms with van der Waals surface area (Å²) in [6, 6.07) is 9.82. The van der Waals surface area contributed by atoms with Crippen LogP contribution in [-0.4, -0.2) is 30.8 Å². The van der Waals surface area contributed by atoms with E-state index in [2.05, 4.69) is 15.1 Å². The number of pyridine rings is 2. The Morgan fingerprint density at radius 3 is 2.61 bits per heavy atom. The van der Waals surface area contributed by atoms with E-state index in [1.54, 1.807) is 29.1 Å². The second-order valence-corrected chi connectivity index (χ2v) is 7.20. The lowest BCUT2D eigenvalue weighted by Crippen LogP contribution is -2.08. The predicted octanol–water partition coefficient (Wildman–Crippen LogP) is 4.16. The van der Waals surface area contributed by atoms with Crippen molar-refractivity contribution < 1.29 is 19.0 Å². The van der Waals surface area contributed by atoms with Gasteiger partial charge in [0.15, 0.2) is 5.69 Å². The van der Waals surface area contributed by atoms with Gasteiger partial charge in [0.05, 0.1) is 17.4 Å². The summed E-state index contributed by atoms with van der Waals surface area (Å²) in [7, 11) is 0. The van der Waals surface area contributed by atoms with Crippen LogP contribution >= 0.6 is 0 Å². The van der Waals surface area contributed by atoms with Gasteiger partial charge in [-0.25, -0.2) is 19.2 Å². The van der Waals surface area contributed by atoms with Crippen LogP contribution in [0.4, 0.5) is 4.39 Å². The van der Waals surface area contributed by atoms with E-state index >= 15 is 0 Å². The first-order valence-corrected chi connectivity index (χ1v) is 9.86. The minimum absolute atomic E-state index is 0.0134. The lowest BCUT2D eigenvalue weighted by Gasteiger charge is -2.11. The van der Waals surface area contributed by atoms with E-state index in [1.165, 1.54) is 18.3 Å². The molecule has 0 radical (unpaired) electrons. The second kappa shape index (κ2) is 8.51. The van der Waals surface area contributed by atoms with Gasteiger partial charge < -0.3 is 9.84 Å². The maximum absolute atomic E-state index is 13.0. The summed E-state index contributed by atoms with van der Waals surface area (Å²) < 4.78 is 20.6. The zero-order chi connectivity index (χ0) is 22.0. The normalized spacial score (nSPS) is 11.1. The summed E-state index contributed by atoms with van der Waals surface area (Å²) in [6.45, 7) is 4.61. The van der Waals surface area contributed by atoms with E-state index in [9.17, 15) is 14.3 Å². The number of aryl methyl sites for hydroxylation is 2. The molecule has 0 aliphatic rings. The van der Waals surface area contributed by atoms with E-state index in [1.807, 2.05) is 19.9 Å². The molecule has 0 fully saturated rings. The standard InChI is InChI=1S/C23H21FN4O3/c1-3-19-20-18(8-9-25-21(20)23(29)30)27-28(19)12-16-10-14(2)22(26-11-16)31-13-15-4-6-17(24)7-5-15/h4-11H,3,12-13H2,1-2H3,(H,29,30). The Morgan fingerprint density at radius 1 is 1.16 bits per heavy atom. The van der Waals surface area contributed by atoms with Crippen LogP contribution in [0.3, 0.4) is 0 Å². The molecule has 3 heterocycles. The van der Waals surface area contributed by atoms with Crippen molar-refractivity contribution >= 4 is 16.9 Å². The number of halogens is 1. The summed E-state index contributed by atoms with van der Waals surface area (Å²) >= 11 is 0. The molecule has 4 aromatic rings. The van der Waals surface area contributed by atoms with Gasteiger partial charge in [0.2, 0.25) is 5.88 Å². The average Bonchev–Trinajstić information content (AvgIpc) is 3.11. The molecule has 3 aromatic heterocycles. The Hall–Kier alpha value is -3.81. The van der Waals surface area contributed by atoms with Gasteiger partial charge >= 0.3 is 5.97 Å². The maximum atomic E-state index is 13.0. The molecule has 0 aliphatic carbocycles. The molecule has 1 aromatic carbocycles. The third-order valence-electron chi connectivity index (χ3n) is 5.00. The molecular formula is C23H21FN4O3. The first-order valence-electron chi connectivity index (χ1n) is 9.86. The lowest BCUT2D eigenvalue weighted by atomic mass is 10.1. The van der Waals surface area contributed by atoms with E-state index in [0.29, 0.717) is 36.4 Å². The first kappa shape index (κ1) is 20.5. The molecule has 0 amide bonds. The molecule has 0 aliphatic heterocycles. The van der Waals surface area contributed by atoms with E-state index in [-0.39, 0.29) is 11.5 Å². The summed E-state index contributed by atoms with van der Waals surface area (Å²) in [6.07, 6.45) is 3.80. The smallest absolute Gasteiger partial charge is 0.355 e. The minimum atomic E-state index is -1.07. The lowest BCUT2D eigenvalue weighted by molar-refractivity contribution is 0.0693. The second-order valence-electron chi connectivity index (χ2n) is 7.20. The topological polar surface area (TPSA) is 90.1 Å². The van der Waals surface area contributed by atoms with Crippen molar-refractivity contribution in [2.75, 3.05) is 0 Å². The van der Waals surface area contributed by atoms with Gasteiger partial charge in [-0.15, -0.1) is 0 Å². The molecule has 0 spiro atoms. The van der Waals surface area contributed by atoms with Crippen LogP contribution in [0, 0.1) is 12.7 Å². The minimum Gasteiger partial charge on any atom is -0.476 e. The summed E-state index contributed by atoms with van der Waals surface area (Å²) in [5.41, 5.74) is 4.06. The monoisotopic (exact) mass is 420 g/mol. The summed E-state index contributed by atoms with van der Waals surface area (Å²) in [5.74, 6) is -0.849. The van der Waals surface area contributed by atoms with Gasteiger partial charge in [0.1, 0.15) is 12.4 Å². The zero-order valence-corrected chi connectivity index (χ0v) is 17.2. The fraction of sp³-hybridized carbons (Fsp3) is 0.217. The Kier molecular flexibility index (Phi) is 5.62. The number of aromatic carboxylic acids is 1. The molecule has 0 bridgehead atoms. The highest BCUT2D eigenvalue weighted by atomic mass is 19.1. The fourth-order valence-electron chi connectivity index (χ4n) is 3.55. The van der Waals surface area contributed by atoms with Crippen LogP contribution < -0.4 is 4.74 Å². The van der Waals surface area contributed by atoms with Crippen molar-refractivity contribution in [3.63, 3.8) is 0 Å². The van der Waals surface area contributed by atoms with Crippen molar-refractivity contribution in [3.05, 3.63) is 82.7 Å². The van der Waals surface area contributed by atoms with Crippen molar-refractivity contribution in [1.29, 1.82) is 0 Å². The van der Waals surface area contributed by atoms with Gasteiger partial charge in [-0.3, -0.25) is 4.68 Å². The van der Waals surface area contributed by atoms with Gasteiger partial charge in [-0.05, 0) is 48.7 Å². The zero-order valence-electron chi connectivity index (χ0n) is 17.2. The van der Waals surface area contributed by atoms with Crippen LogP contribution in [-0.2, 0) is 19.6 Å². The number of hydrogen-bond acceptors (Lipinski definition) is 5. The number of carboxylic acids is 1. The third kappa shape index (κ3) is 4.23. The van der Waals surface area contributed by atoms with Crippen molar-refractivity contribution in [1.82, 2.24) is 19.7 Å². The molecule has 4 rings (SSSR count). The van der Waals surface area contributed by atoms with Crippen LogP contribution in [0.2, 0.25) is 0 Å². The Labute approximate surface area is 178 Å². The molecule has 8 heteroatoms. The number of benzene rings is 1. The Morgan fingerprint density at radius 2 is 1.94 bits per heavy atom. The van der Waals surface area contributed by atoms with Gasteiger partial charge in [-0.1, -0.05) is 19.1 Å². The van der Waals surface area contributed by atoms with Crippen LogP contribution in [0.5, 0.6) is 5.88 Å². The number of rotatable bonds is 7. The van der Waals surface area contributed by atoms with Crippen LogP contribution in [0.25, 0.3) is 10.9 Å². The largest absolute Gasteiger partial charge is 0.476 e. The number of carboxylic acid groups (broad SMARTS) is 1. The summed E-state index contributed by atoms with van der Waals surface area (Å²) in [4.78, 5) is 20.0. The number of ether oxygens (including phenoxy) is 1. The predicted molar refractivity (Wildman–Crippen MR) is 113 cm³/mol. The van der Waals surface area contributed by atoms with Crippen molar-refractivity contribution in [2.24, 2.45) is 0 Å². The molecule has 0 saturated heterocycles. The Bertz CT molecular complexity index is 1250. The molecule has 158 valence electrons. The number of hydrogen-bond donors (Lipinski definition) is 1. The SMILES string of the molecule is CCc1c2c(C(=O)O)nccc2nn1Cc1cnc(OCc2ccc(F)cc2)c(C)c1. The van der Waals surface area contributed by atoms with Crippen LogP contribution in [0.15, 0.2) is 48.8 Å².